The van der Waals surface area contributed by atoms with Crippen molar-refractivity contribution in [3.8, 4) is 11.8 Å². The highest BCUT2D eigenvalue weighted by Gasteiger charge is 2.02. The quantitative estimate of drug-likeness (QED) is 0.734. The number of ether oxygens (including phenoxy) is 2. The molecule has 0 fully saturated rings. The molecule has 0 bridgehead atoms. The summed E-state index contributed by atoms with van der Waals surface area (Å²) >= 11 is 0. The van der Waals surface area contributed by atoms with Crippen LogP contribution >= 0.6 is 0 Å². The largest absolute Gasteiger partial charge is 0.495 e. The van der Waals surface area contributed by atoms with Crippen LogP contribution in [0, 0.1) is 11.3 Å². The number of nitrogens with zero attached hydrogens (tertiary/aromatic N) is 1. The maximum absolute atomic E-state index is 8.91. The van der Waals surface area contributed by atoms with Crippen molar-refractivity contribution < 1.29 is 9.47 Å². The van der Waals surface area contributed by atoms with Crippen LogP contribution in [-0.2, 0) is 11.3 Å². The van der Waals surface area contributed by atoms with Crippen molar-refractivity contribution in [3.05, 3.63) is 29.3 Å². The number of methoxy groups -OCH3 is 2. The SMILES string of the molecule is COCCNCc1ccc(OC)c(C#N)c1. The average Bonchev–Trinajstić information content (AvgIpc) is 2.34. The highest BCUT2D eigenvalue weighted by molar-refractivity contribution is 5.45. The normalized spacial score (nSPS) is 9.81. The Morgan fingerprint density at radius 2 is 2.19 bits per heavy atom. The van der Waals surface area contributed by atoms with Crippen LogP contribution in [0.15, 0.2) is 18.2 Å². The van der Waals surface area contributed by atoms with Gasteiger partial charge in [-0.05, 0) is 17.7 Å². The molecule has 1 aromatic carbocycles. The zero-order valence-electron chi connectivity index (χ0n) is 9.62. The molecule has 86 valence electrons. The number of nitrogens with one attached hydrogen (secondary N) is 1. The predicted molar refractivity (Wildman–Crippen MR) is 61.3 cm³/mol. The van der Waals surface area contributed by atoms with Gasteiger partial charge in [0.25, 0.3) is 0 Å². The Hall–Kier alpha value is -1.57. The lowest BCUT2D eigenvalue weighted by molar-refractivity contribution is 0.199. The second-order valence-electron chi connectivity index (χ2n) is 3.32. The lowest BCUT2D eigenvalue weighted by Gasteiger charge is -2.07. The van der Waals surface area contributed by atoms with E-state index in [0.717, 1.165) is 18.7 Å². The molecule has 1 rings (SSSR count). The van der Waals surface area contributed by atoms with E-state index in [4.69, 9.17) is 14.7 Å². The molecular weight excluding hydrogens is 204 g/mol. The van der Waals surface area contributed by atoms with Crippen LogP contribution in [0.3, 0.4) is 0 Å². The monoisotopic (exact) mass is 220 g/mol. The molecule has 0 unspecified atom stereocenters. The van der Waals surface area contributed by atoms with Crippen molar-refractivity contribution in [1.29, 1.82) is 5.26 Å². The number of nitriles is 1. The number of hydrogen-bond donors (Lipinski definition) is 1. The molecule has 0 aliphatic carbocycles. The third-order valence-corrected chi connectivity index (χ3v) is 2.20. The first kappa shape index (κ1) is 12.5. The lowest BCUT2D eigenvalue weighted by Crippen LogP contribution is -2.18. The topological polar surface area (TPSA) is 54.3 Å². The molecule has 0 amide bonds. The third kappa shape index (κ3) is 3.54. The fourth-order valence-electron chi connectivity index (χ4n) is 1.36. The predicted octanol–water partition coefficient (Wildman–Crippen LogP) is 1.30. The van der Waals surface area contributed by atoms with E-state index in [2.05, 4.69) is 11.4 Å². The van der Waals surface area contributed by atoms with Crippen LogP contribution in [-0.4, -0.2) is 27.4 Å². The van der Waals surface area contributed by atoms with Crippen molar-refractivity contribution in [2.75, 3.05) is 27.4 Å². The van der Waals surface area contributed by atoms with E-state index in [1.807, 2.05) is 18.2 Å². The molecule has 0 spiro atoms. The van der Waals surface area contributed by atoms with Crippen molar-refractivity contribution in [1.82, 2.24) is 5.32 Å². The number of benzene rings is 1. The maximum atomic E-state index is 8.91. The van der Waals surface area contributed by atoms with Crippen molar-refractivity contribution in [3.63, 3.8) is 0 Å². The van der Waals surface area contributed by atoms with Gasteiger partial charge in [-0.15, -0.1) is 0 Å². The van der Waals surface area contributed by atoms with Gasteiger partial charge in [0.15, 0.2) is 0 Å². The molecular formula is C12H16N2O2. The zero-order chi connectivity index (χ0) is 11.8. The van der Waals surface area contributed by atoms with Gasteiger partial charge in [0.1, 0.15) is 11.8 Å². The van der Waals surface area contributed by atoms with Gasteiger partial charge in [0.2, 0.25) is 0 Å². The van der Waals surface area contributed by atoms with Crippen LogP contribution < -0.4 is 10.1 Å². The van der Waals surface area contributed by atoms with Gasteiger partial charge >= 0.3 is 0 Å². The smallest absolute Gasteiger partial charge is 0.136 e. The van der Waals surface area contributed by atoms with Gasteiger partial charge < -0.3 is 14.8 Å². The Bertz CT molecular complexity index is 372. The van der Waals surface area contributed by atoms with Crippen LogP contribution in [0.4, 0.5) is 0 Å². The van der Waals surface area contributed by atoms with E-state index in [9.17, 15) is 0 Å². The summed E-state index contributed by atoms with van der Waals surface area (Å²) in [5.74, 6) is 0.614. The van der Waals surface area contributed by atoms with E-state index in [0.29, 0.717) is 17.9 Å². The van der Waals surface area contributed by atoms with Crippen molar-refractivity contribution >= 4 is 0 Å². The maximum Gasteiger partial charge on any atom is 0.136 e. The van der Waals surface area contributed by atoms with E-state index in [1.165, 1.54) is 0 Å². The van der Waals surface area contributed by atoms with Crippen LogP contribution in [0.1, 0.15) is 11.1 Å². The minimum Gasteiger partial charge on any atom is -0.495 e. The van der Waals surface area contributed by atoms with Crippen LogP contribution in [0.2, 0.25) is 0 Å². The molecule has 0 saturated heterocycles. The number of hydrogen-bond acceptors (Lipinski definition) is 4. The van der Waals surface area contributed by atoms with Crippen molar-refractivity contribution in [2.24, 2.45) is 0 Å². The first-order valence-corrected chi connectivity index (χ1v) is 5.08. The van der Waals surface area contributed by atoms with Gasteiger partial charge in [-0.25, -0.2) is 0 Å². The van der Waals surface area contributed by atoms with E-state index >= 15 is 0 Å². The Kier molecular flexibility index (Phi) is 5.34. The lowest BCUT2D eigenvalue weighted by atomic mass is 10.1. The molecule has 16 heavy (non-hydrogen) atoms. The van der Waals surface area contributed by atoms with Crippen LogP contribution in [0.25, 0.3) is 0 Å². The van der Waals surface area contributed by atoms with Crippen LogP contribution in [0.5, 0.6) is 5.75 Å². The summed E-state index contributed by atoms with van der Waals surface area (Å²) in [5, 5.41) is 12.1. The molecule has 4 heteroatoms. The average molecular weight is 220 g/mol. The minimum absolute atomic E-state index is 0.563. The highest BCUT2D eigenvalue weighted by atomic mass is 16.5. The Morgan fingerprint density at radius 1 is 1.38 bits per heavy atom. The van der Waals surface area contributed by atoms with E-state index in [-0.39, 0.29) is 0 Å². The highest BCUT2D eigenvalue weighted by Crippen LogP contribution is 2.18. The standard InChI is InChI=1S/C12H16N2O2/c1-15-6-5-14-9-10-3-4-12(16-2)11(7-10)8-13/h3-4,7,14H,5-6,9H2,1-2H3. The van der Waals surface area contributed by atoms with Gasteiger partial charge in [0.05, 0.1) is 19.3 Å². The van der Waals surface area contributed by atoms with Gasteiger partial charge in [0, 0.05) is 20.2 Å². The second-order valence-corrected chi connectivity index (χ2v) is 3.32. The molecule has 1 aromatic rings. The zero-order valence-corrected chi connectivity index (χ0v) is 9.62. The van der Waals surface area contributed by atoms with E-state index in [1.54, 1.807) is 14.2 Å². The van der Waals surface area contributed by atoms with E-state index < -0.39 is 0 Å². The fraction of sp³-hybridized carbons (Fsp3) is 0.417. The Labute approximate surface area is 95.8 Å². The summed E-state index contributed by atoms with van der Waals surface area (Å²) in [5.41, 5.74) is 1.63. The Balaban J connectivity index is 2.58. The van der Waals surface area contributed by atoms with Gasteiger partial charge in [-0.2, -0.15) is 5.26 Å². The summed E-state index contributed by atoms with van der Waals surface area (Å²) in [4.78, 5) is 0. The molecule has 0 radical (unpaired) electrons. The summed E-state index contributed by atoms with van der Waals surface area (Å²) in [6.45, 7) is 2.20. The fourth-order valence-corrected chi connectivity index (χ4v) is 1.36. The first-order chi connectivity index (χ1) is 7.81. The summed E-state index contributed by atoms with van der Waals surface area (Å²) in [6, 6.07) is 7.70. The Morgan fingerprint density at radius 3 is 2.81 bits per heavy atom. The molecule has 0 saturated carbocycles. The van der Waals surface area contributed by atoms with Gasteiger partial charge in [-0.1, -0.05) is 6.07 Å². The molecule has 0 aliphatic heterocycles. The summed E-state index contributed by atoms with van der Waals surface area (Å²) in [6.07, 6.45) is 0. The molecule has 1 N–H and O–H groups in total. The number of rotatable bonds is 6. The van der Waals surface area contributed by atoms with Gasteiger partial charge in [-0.3, -0.25) is 0 Å². The van der Waals surface area contributed by atoms with Crippen molar-refractivity contribution in [2.45, 2.75) is 6.54 Å². The molecule has 0 atom stereocenters. The summed E-state index contributed by atoms with van der Waals surface area (Å²) < 4.78 is 10.00. The first-order valence-electron chi connectivity index (χ1n) is 5.08. The second kappa shape index (κ2) is 6.83. The summed E-state index contributed by atoms with van der Waals surface area (Å²) in [7, 11) is 3.23. The molecule has 0 aliphatic rings. The molecule has 0 heterocycles. The molecule has 0 aromatic heterocycles. The third-order valence-electron chi connectivity index (χ3n) is 2.20. The molecule has 4 nitrogen and oxygen atoms in total. The minimum atomic E-state index is 0.563.